The molecule has 0 aliphatic rings. The second-order valence-corrected chi connectivity index (χ2v) is 6.50. The van der Waals surface area contributed by atoms with Gasteiger partial charge in [-0.05, 0) is 62.4 Å². The van der Waals surface area contributed by atoms with Gasteiger partial charge in [-0.15, -0.1) is 10.2 Å². The van der Waals surface area contributed by atoms with Crippen molar-refractivity contribution in [2.24, 2.45) is 0 Å². The Morgan fingerprint density at radius 1 is 0.808 bits per heavy atom. The molecule has 4 rings (SSSR count). The first-order valence-corrected chi connectivity index (χ1v) is 9.29. The SMILES string of the molecule is CCOc1ccc(-c2nn3c(-c4ccc(OCC)cc4)nnc3s2)cc1. The second kappa shape index (κ2) is 7.13. The Morgan fingerprint density at radius 2 is 1.38 bits per heavy atom. The van der Waals surface area contributed by atoms with E-state index < -0.39 is 0 Å². The topological polar surface area (TPSA) is 61.5 Å². The maximum absolute atomic E-state index is 5.49. The van der Waals surface area contributed by atoms with Gasteiger partial charge in [0.25, 0.3) is 0 Å². The molecule has 7 heteroatoms. The van der Waals surface area contributed by atoms with Crippen molar-refractivity contribution in [1.29, 1.82) is 0 Å². The third kappa shape index (κ3) is 3.13. The number of nitrogens with zero attached hydrogens (tertiary/aromatic N) is 4. The van der Waals surface area contributed by atoms with E-state index in [1.165, 1.54) is 11.3 Å². The molecule has 6 nitrogen and oxygen atoms in total. The van der Waals surface area contributed by atoms with E-state index in [1.807, 2.05) is 62.4 Å². The number of rotatable bonds is 6. The van der Waals surface area contributed by atoms with Gasteiger partial charge in [0, 0.05) is 11.1 Å². The van der Waals surface area contributed by atoms with Crippen molar-refractivity contribution in [2.75, 3.05) is 13.2 Å². The van der Waals surface area contributed by atoms with Crippen molar-refractivity contribution in [3.8, 4) is 33.5 Å². The van der Waals surface area contributed by atoms with Crippen molar-refractivity contribution in [2.45, 2.75) is 13.8 Å². The molecule has 26 heavy (non-hydrogen) atoms. The van der Waals surface area contributed by atoms with Crippen LogP contribution in [-0.2, 0) is 0 Å². The average molecular weight is 366 g/mol. The van der Waals surface area contributed by atoms with Crippen LogP contribution in [0.3, 0.4) is 0 Å². The van der Waals surface area contributed by atoms with Crippen molar-refractivity contribution in [3.63, 3.8) is 0 Å². The average Bonchev–Trinajstić information content (AvgIpc) is 3.24. The number of fused-ring (bicyclic) bond motifs is 1. The van der Waals surface area contributed by atoms with Gasteiger partial charge in [-0.2, -0.15) is 9.61 Å². The fraction of sp³-hybridized carbons (Fsp3) is 0.211. The molecule has 2 heterocycles. The van der Waals surface area contributed by atoms with Gasteiger partial charge in [-0.3, -0.25) is 0 Å². The van der Waals surface area contributed by atoms with Crippen LogP contribution in [0.1, 0.15) is 13.8 Å². The monoisotopic (exact) mass is 366 g/mol. The Labute approximate surface area is 155 Å². The summed E-state index contributed by atoms with van der Waals surface area (Å²) in [6.45, 7) is 5.24. The van der Waals surface area contributed by atoms with Crippen LogP contribution in [0.15, 0.2) is 48.5 Å². The van der Waals surface area contributed by atoms with E-state index in [2.05, 4.69) is 10.2 Å². The molecule has 0 aliphatic heterocycles. The Morgan fingerprint density at radius 3 is 1.96 bits per heavy atom. The first-order valence-electron chi connectivity index (χ1n) is 8.47. The van der Waals surface area contributed by atoms with E-state index in [0.29, 0.717) is 13.2 Å². The van der Waals surface area contributed by atoms with Crippen LogP contribution in [0.5, 0.6) is 11.5 Å². The van der Waals surface area contributed by atoms with E-state index in [4.69, 9.17) is 14.6 Å². The highest BCUT2D eigenvalue weighted by Crippen LogP contribution is 2.29. The predicted octanol–water partition coefficient (Wildman–Crippen LogP) is 4.32. The molecule has 0 saturated heterocycles. The fourth-order valence-electron chi connectivity index (χ4n) is 2.64. The lowest BCUT2D eigenvalue weighted by Gasteiger charge is -2.03. The van der Waals surface area contributed by atoms with Crippen molar-refractivity contribution >= 4 is 16.3 Å². The lowest BCUT2D eigenvalue weighted by atomic mass is 10.2. The van der Waals surface area contributed by atoms with Gasteiger partial charge in [-0.1, -0.05) is 11.3 Å². The molecule has 0 amide bonds. The zero-order valence-electron chi connectivity index (χ0n) is 14.5. The molecule has 4 aromatic rings. The molecule has 132 valence electrons. The van der Waals surface area contributed by atoms with Crippen LogP contribution in [-0.4, -0.2) is 33.0 Å². The normalized spacial score (nSPS) is 11.0. The molecule has 0 radical (unpaired) electrons. The lowest BCUT2D eigenvalue weighted by molar-refractivity contribution is 0.340. The summed E-state index contributed by atoms with van der Waals surface area (Å²) in [6.07, 6.45) is 0. The molecule has 0 unspecified atom stereocenters. The number of hydrogen-bond donors (Lipinski definition) is 0. The molecule has 0 saturated carbocycles. The van der Waals surface area contributed by atoms with Crippen LogP contribution < -0.4 is 9.47 Å². The molecular weight excluding hydrogens is 348 g/mol. The molecule has 0 bridgehead atoms. The Hall–Kier alpha value is -2.93. The molecular formula is C19H18N4O2S. The summed E-state index contributed by atoms with van der Waals surface area (Å²) in [5, 5.41) is 14.1. The molecule has 0 spiro atoms. The Balaban J connectivity index is 1.66. The summed E-state index contributed by atoms with van der Waals surface area (Å²) in [4.78, 5) is 0.762. The number of benzene rings is 2. The van der Waals surface area contributed by atoms with Crippen LogP contribution in [0.4, 0.5) is 0 Å². The van der Waals surface area contributed by atoms with Crippen molar-refractivity contribution in [1.82, 2.24) is 19.8 Å². The number of hydrogen-bond acceptors (Lipinski definition) is 6. The quantitative estimate of drug-likeness (QED) is 0.509. The smallest absolute Gasteiger partial charge is 0.235 e. The Kier molecular flexibility index (Phi) is 4.53. The van der Waals surface area contributed by atoms with Crippen LogP contribution in [0.2, 0.25) is 0 Å². The number of aromatic nitrogens is 4. The third-order valence-corrected chi connectivity index (χ3v) is 4.77. The summed E-state index contributed by atoms with van der Waals surface area (Å²) in [5.74, 6) is 2.41. The zero-order chi connectivity index (χ0) is 17.9. The maximum Gasteiger partial charge on any atom is 0.235 e. The highest BCUT2D eigenvalue weighted by Gasteiger charge is 2.14. The second-order valence-electron chi connectivity index (χ2n) is 5.54. The van der Waals surface area contributed by atoms with Gasteiger partial charge in [0.05, 0.1) is 13.2 Å². The molecule has 0 fully saturated rings. The fourth-order valence-corrected chi connectivity index (χ4v) is 3.49. The van der Waals surface area contributed by atoms with Gasteiger partial charge < -0.3 is 9.47 Å². The molecule has 2 aromatic carbocycles. The first kappa shape index (κ1) is 16.5. The summed E-state index contributed by atoms with van der Waals surface area (Å²) < 4.78 is 12.8. The van der Waals surface area contributed by atoms with Crippen molar-refractivity contribution in [3.05, 3.63) is 48.5 Å². The summed E-state index contributed by atoms with van der Waals surface area (Å²) in [7, 11) is 0. The van der Waals surface area contributed by atoms with Gasteiger partial charge in [0.1, 0.15) is 16.5 Å². The van der Waals surface area contributed by atoms with E-state index in [1.54, 1.807) is 4.52 Å². The van der Waals surface area contributed by atoms with Crippen LogP contribution >= 0.6 is 11.3 Å². The summed E-state index contributed by atoms with van der Waals surface area (Å²) in [5.41, 5.74) is 1.98. The first-order chi connectivity index (χ1) is 12.8. The van der Waals surface area contributed by atoms with Crippen LogP contribution in [0, 0.1) is 0 Å². The standard InChI is InChI=1S/C19H18N4O2S/c1-3-24-15-9-5-13(6-10-15)17-20-21-19-23(17)22-18(26-19)14-7-11-16(12-8-14)25-4-2/h5-12H,3-4H2,1-2H3. The molecule has 2 aromatic heterocycles. The van der Waals surface area contributed by atoms with E-state index in [-0.39, 0.29) is 0 Å². The van der Waals surface area contributed by atoms with E-state index >= 15 is 0 Å². The number of ether oxygens (including phenoxy) is 2. The lowest BCUT2D eigenvalue weighted by Crippen LogP contribution is -1.93. The molecule has 0 aliphatic carbocycles. The van der Waals surface area contributed by atoms with Gasteiger partial charge >= 0.3 is 0 Å². The minimum absolute atomic E-state index is 0.645. The van der Waals surface area contributed by atoms with Gasteiger partial charge in [-0.25, -0.2) is 0 Å². The van der Waals surface area contributed by atoms with Gasteiger partial charge in [0.15, 0.2) is 5.82 Å². The molecule has 0 N–H and O–H groups in total. The molecule has 0 atom stereocenters. The van der Waals surface area contributed by atoms with Crippen molar-refractivity contribution < 1.29 is 9.47 Å². The highest BCUT2D eigenvalue weighted by molar-refractivity contribution is 7.19. The largest absolute Gasteiger partial charge is 0.494 e. The summed E-state index contributed by atoms with van der Waals surface area (Å²) in [6, 6.07) is 15.7. The zero-order valence-corrected chi connectivity index (χ0v) is 15.4. The van der Waals surface area contributed by atoms with E-state index in [9.17, 15) is 0 Å². The summed E-state index contributed by atoms with van der Waals surface area (Å²) >= 11 is 1.51. The highest BCUT2D eigenvalue weighted by atomic mass is 32.1. The third-order valence-electron chi connectivity index (χ3n) is 3.83. The minimum Gasteiger partial charge on any atom is -0.494 e. The Bertz CT molecular complexity index is 1010. The van der Waals surface area contributed by atoms with Gasteiger partial charge in [0.2, 0.25) is 4.96 Å². The predicted molar refractivity (Wildman–Crippen MR) is 102 cm³/mol. The van der Waals surface area contributed by atoms with Crippen LogP contribution in [0.25, 0.3) is 26.9 Å². The minimum atomic E-state index is 0.645. The maximum atomic E-state index is 5.49. The van der Waals surface area contributed by atoms with E-state index in [0.717, 1.165) is 38.4 Å².